The van der Waals surface area contributed by atoms with E-state index >= 15 is 0 Å². The fourth-order valence-electron chi connectivity index (χ4n) is 3.04. The molecular formula is C17H36N2. The molecule has 0 radical (unpaired) electrons. The van der Waals surface area contributed by atoms with Gasteiger partial charge >= 0.3 is 0 Å². The van der Waals surface area contributed by atoms with Gasteiger partial charge in [-0.3, -0.25) is 0 Å². The largest absolute Gasteiger partial charge is 0.312 e. The summed E-state index contributed by atoms with van der Waals surface area (Å²) in [6, 6.07) is 0. The normalized spacial score (nSPS) is 21.2. The fourth-order valence-corrected chi connectivity index (χ4v) is 3.04. The average Bonchev–Trinajstić information content (AvgIpc) is 2.75. The van der Waals surface area contributed by atoms with Crippen LogP contribution < -0.4 is 5.32 Å². The molecule has 1 aliphatic rings. The van der Waals surface area contributed by atoms with Crippen LogP contribution in [0.2, 0.25) is 0 Å². The lowest BCUT2D eigenvalue weighted by Gasteiger charge is -2.20. The third kappa shape index (κ3) is 8.65. The van der Waals surface area contributed by atoms with E-state index in [0.717, 1.165) is 5.92 Å². The first kappa shape index (κ1) is 17.0. The van der Waals surface area contributed by atoms with Crippen LogP contribution in [0.4, 0.5) is 0 Å². The van der Waals surface area contributed by atoms with Crippen LogP contribution in [0.1, 0.15) is 72.6 Å². The van der Waals surface area contributed by atoms with Gasteiger partial charge in [0.05, 0.1) is 0 Å². The summed E-state index contributed by atoms with van der Waals surface area (Å²) in [5, 5.41) is 3.56. The molecule has 114 valence electrons. The molecule has 1 saturated heterocycles. The van der Waals surface area contributed by atoms with Crippen molar-refractivity contribution in [2.24, 2.45) is 5.92 Å². The molecule has 1 rings (SSSR count). The maximum absolute atomic E-state index is 3.56. The minimum Gasteiger partial charge on any atom is -0.312 e. The topological polar surface area (TPSA) is 15.3 Å². The van der Waals surface area contributed by atoms with Crippen molar-refractivity contribution in [2.45, 2.75) is 78.2 Å². The monoisotopic (exact) mass is 268 g/mol. The number of nitrogens with one attached hydrogen (secondary N) is 1. The molecule has 0 aliphatic carbocycles. The van der Waals surface area contributed by atoms with Crippen LogP contribution in [0.5, 0.6) is 0 Å². The predicted molar refractivity (Wildman–Crippen MR) is 85.7 cm³/mol. The van der Waals surface area contributed by atoms with Gasteiger partial charge in [0.2, 0.25) is 0 Å². The smallest absolute Gasteiger partial charge is 0.00965 e. The zero-order valence-corrected chi connectivity index (χ0v) is 13.8. The second-order valence-electron chi connectivity index (χ2n) is 7.33. The minimum atomic E-state index is 0.282. The molecule has 1 aliphatic heterocycles. The van der Waals surface area contributed by atoms with Crippen molar-refractivity contribution < 1.29 is 0 Å². The first-order chi connectivity index (χ1) is 9.01. The average molecular weight is 268 g/mol. The second-order valence-corrected chi connectivity index (χ2v) is 7.33. The molecule has 0 aromatic carbocycles. The zero-order chi connectivity index (χ0) is 14.1. The van der Waals surface area contributed by atoms with Crippen molar-refractivity contribution >= 4 is 0 Å². The van der Waals surface area contributed by atoms with Crippen LogP contribution in [0.25, 0.3) is 0 Å². The molecule has 0 spiro atoms. The lowest BCUT2D eigenvalue weighted by Crippen LogP contribution is -2.36. The Morgan fingerprint density at radius 1 is 1.11 bits per heavy atom. The highest BCUT2D eigenvalue weighted by Gasteiger charge is 2.20. The van der Waals surface area contributed by atoms with Gasteiger partial charge in [-0.2, -0.15) is 0 Å². The molecule has 0 bridgehead atoms. The summed E-state index contributed by atoms with van der Waals surface area (Å²) >= 11 is 0. The van der Waals surface area contributed by atoms with Gasteiger partial charge in [-0.25, -0.2) is 0 Å². The van der Waals surface area contributed by atoms with Gasteiger partial charge in [-0.15, -0.1) is 0 Å². The Morgan fingerprint density at radius 3 is 2.53 bits per heavy atom. The first-order valence-electron chi connectivity index (χ1n) is 8.48. The summed E-state index contributed by atoms with van der Waals surface area (Å²) < 4.78 is 0. The highest BCUT2D eigenvalue weighted by atomic mass is 15.1. The van der Waals surface area contributed by atoms with Crippen molar-refractivity contribution in [2.75, 3.05) is 26.2 Å². The molecule has 0 aromatic rings. The molecule has 1 heterocycles. The molecule has 1 atom stereocenters. The molecule has 19 heavy (non-hydrogen) atoms. The Balaban J connectivity index is 1.89. The Bertz CT molecular complexity index is 220. The zero-order valence-electron chi connectivity index (χ0n) is 13.8. The lowest BCUT2D eigenvalue weighted by atomic mass is 10.0. The van der Waals surface area contributed by atoms with E-state index in [9.17, 15) is 0 Å². The molecule has 2 heteroatoms. The fraction of sp³-hybridized carbons (Fsp3) is 1.00. The van der Waals surface area contributed by atoms with Gasteiger partial charge < -0.3 is 10.2 Å². The van der Waals surface area contributed by atoms with E-state index in [4.69, 9.17) is 0 Å². The Morgan fingerprint density at radius 2 is 1.84 bits per heavy atom. The van der Waals surface area contributed by atoms with Gasteiger partial charge in [0.15, 0.2) is 0 Å². The third-order valence-corrected chi connectivity index (χ3v) is 4.12. The summed E-state index contributed by atoms with van der Waals surface area (Å²) in [7, 11) is 0. The van der Waals surface area contributed by atoms with Gasteiger partial charge in [-0.1, -0.05) is 26.2 Å². The Labute approximate surface area is 121 Å². The SMILES string of the molecule is CCCC1CCN(CCCCCCNC(C)(C)C)C1. The first-order valence-corrected chi connectivity index (χ1v) is 8.48. The summed E-state index contributed by atoms with van der Waals surface area (Å²) in [6.07, 6.45) is 9.76. The van der Waals surface area contributed by atoms with E-state index < -0.39 is 0 Å². The number of likely N-dealkylation sites (tertiary alicyclic amines) is 1. The number of hydrogen-bond donors (Lipinski definition) is 1. The number of rotatable bonds is 9. The summed E-state index contributed by atoms with van der Waals surface area (Å²) in [5.74, 6) is 1.00. The molecule has 2 nitrogen and oxygen atoms in total. The van der Waals surface area contributed by atoms with Crippen molar-refractivity contribution in [1.82, 2.24) is 10.2 Å². The number of nitrogens with zero attached hydrogens (tertiary/aromatic N) is 1. The highest BCUT2D eigenvalue weighted by molar-refractivity contribution is 4.75. The molecule has 1 N–H and O–H groups in total. The van der Waals surface area contributed by atoms with Crippen LogP contribution >= 0.6 is 0 Å². The van der Waals surface area contributed by atoms with Crippen molar-refractivity contribution in [3.05, 3.63) is 0 Å². The van der Waals surface area contributed by atoms with Crippen LogP contribution in [-0.4, -0.2) is 36.6 Å². The van der Waals surface area contributed by atoms with Gasteiger partial charge in [0.1, 0.15) is 0 Å². The molecule has 0 amide bonds. The van der Waals surface area contributed by atoms with Crippen molar-refractivity contribution in [3.8, 4) is 0 Å². The van der Waals surface area contributed by atoms with Crippen LogP contribution in [0, 0.1) is 5.92 Å². The lowest BCUT2D eigenvalue weighted by molar-refractivity contribution is 0.310. The summed E-state index contributed by atoms with van der Waals surface area (Å²) in [6.45, 7) is 14.3. The van der Waals surface area contributed by atoms with Gasteiger partial charge in [-0.05, 0) is 72.0 Å². The molecule has 1 unspecified atom stereocenters. The molecule has 0 saturated carbocycles. The summed E-state index contributed by atoms with van der Waals surface area (Å²) in [4.78, 5) is 2.69. The Hall–Kier alpha value is -0.0800. The number of hydrogen-bond acceptors (Lipinski definition) is 2. The van der Waals surface area contributed by atoms with E-state index in [1.807, 2.05) is 0 Å². The van der Waals surface area contributed by atoms with E-state index in [-0.39, 0.29) is 5.54 Å². The standard InChI is InChI=1S/C17H36N2/c1-5-10-16-11-14-19(15-16)13-9-7-6-8-12-18-17(2,3)4/h16,18H,5-15H2,1-4H3. The highest BCUT2D eigenvalue weighted by Crippen LogP contribution is 2.21. The van der Waals surface area contributed by atoms with Gasteiger partial charge in [0, 0.05) is 12.1 Å². The maximum atomic E-state index is 3.56. The molecular weight excluding hydrogens is 232 g/mol. The van der Waals surface area contributed by atoms with Crippen LogP contribution in [-0.2, 0) is 0 Å². The second kappa shape index (κ2) is 8.97. The molecule has 0 aromatic heterocycles. The van der Waals surface area contributed by atoms with Crippen LogP contribution in [0.3, 0.4) is 0 Å². The van der Waals surface area contributed by atoms with Gasteiger partial charge in [0.25, 0.3) is 0 Å². The van der Waals surface area contributed by atoms with Crippen molar-refractivity contribution in [1.29, 1.82) is 0 Å². The number of unbranched alkanes of at least 4 members (excludes halogenated alkanes) is 3. The van der Waals surface area contributed by atoms with Crippen LogP contribution in [0.15, 0.2) is 0 Å². The summed E-state index contributed by atoms with van der Waals surface area (Å²) in [5.41, 5.74) is 0.282. The molecule has 1 fully saturated rings. The third-order valence-electron chi connectivity index (χ3n) is 4.12. The Kier molecular flexibility index (Phi) is 8.01. The van der Waals surface area contributed by atoms with E-state index in [2.05, 4.69) is 37.9 Å². The quantitative estimate of drug-likeness (QED) is 0.635. The predicted octanol–water partition coefficient (Wildman–Crippen LogP) is 4.06. The van der Waals surface area contributed by atoms with E-state index in [1.165, 1.54) is 71.1 Å². The van der Waals surface area contributed by atoms with E-state index in [1.54, 1.807) is 0 Å². The van der Waals surface area contributed by atoms with E-state index in [0.29, 0.717) is 0 Å². The minimum absolute atomic E-state index is 0.282. The maximum Gasteiger partial charge on any atom is 0.00965 e. The van der Waals surface area contributed by atoms with Crippen molar-refractivity contribution in [3.63, 3.8) is 0 Å².